The van der Waals surface area contributed by atoms with Crippen LogP contribution in [0.25, 0.3) is 0 Å². The molecule has 0 atom stereocenters. The molecule has 1 aromatic rings. The molecular formula is C13H17N3O4. The minimum atomic E-state index is -1.04. The molecule has 0 unspecified atom stereocenters. The second kappa shape index (κ2) is 7.90. The number of nitrogens with one attached hydrogen (secondary N) is 2. The van der Waals surface area contributed by atoms with Crippen LogP contribution < -0.4 is 10.6 Å². The van der Waals surface area contributed by atoms with E-state index in [2.05, 4.69) is 10.6 Å². The first-order chi connectivity index (χ1) is 9.54. The number of carbonyl (C=O) groups is 1. The van der Waals surface area contributed by atoms with Crippen molar-refractivity contribution in [3.05, 3.63) is 46.0 Å². The molecule has 0 saturated carbocycles. The van der Waals surface area contributed by atoms with Crippen LogP contribution in [0.5, 0.6) is 0 Å². The van der Waals surface area contributed by atoms with Gasteiger partial charge in [-0.2, -0.15) is 0 Å². The van der Waals surface area contributed by atoms with Crippen LogP contribution in [0.4, 0.5) is 11.4 Å². The predicted molar refractivity (Wildman–Crippen MR) is 76.0 cm³/mol. The van der Waals surface area contributed by atoms with E-state index in [0.717, 1.165) is 6.08 Å². The highest BCUT2D eigenvalue weighted by molar-refractivity contribution is 5.79. The van der Waals surface area contributed by atoms with Gasteiger partial charge in [0.1, 0.15) is 5.69 Å². The topological polar surface area (TPSA) is 104 Å². The van der Waals surface area contributed by atoms with Crippen molar-refractivity contribution in [2.24, 2.45) is 0 Å². The van der Waals surface area contributed by atoms with Crippen molar-refractivity contribution in [1.82, 2.24) is 5.32 Å². The van der Waals surface area contributed by atoms with E-state index < -0.39 is 10.9 Å². The van der Waals surface area contributed by atoms with Crippen LogP contribution in [0.2, 0.25) is 0 Å². The zero-order valence-corrected chi connectivity index (χ0v) is 11.1. The molecule has 0 saturated heterocycles. The molecule has 0 heterocycles. The Balaban J connectivity index is 2.83. The Morgan fingerprint density at radius 2 is 2.20 bits per heavy atom. The van der Waals surface area contributed by atoms with Gasteiger partial charge in [-0.15, -0.1) is 0 Å². The number of likely N-dealkylation sites (N-methyl/N-ethyl adjacent to an activating group) is 1. The molecule has 0 aliphatic carbocycles. The van der Waals surface area contributed by atoms with Crippen molar-refractivity contribution in [3.63, 3.8) is 0 Å². The molecule has 0 radical (unpaired) electrons. The highest BCUT2D eigenvalue weighted by Crippen LogP contribution is 2.25. The van der Waals surface area contributed by atoms with Gasteiger partial charge in [-0.3, -0.25) is 10.1 Å². The van der Waals surface area contributed by atoms with Crippen LogP contribution in [0, 0.1) is 10.1 Å². The van der Waals surface area contributed by atoms with Crippen molar-refractivity contribution in [1.29, 1.82) is 0 Å². The van der Waals surface area contributed by atoms with E-state index in [-0.39, 0.29) is 5.69 Å². The second-order valence-electron chi connectivity index (χ2n) is 4.08. The summed E-state index contributed by atoms with van der Waals surface area (Å²) in [4.78, 5) is 20.9. The van der Waals surface area contributed by atoms with Gasteiger partial charge < -0.3 is 15.7 Å². The number of hydrogen-bond donors (Lipinski definition) is 3. The zero-order chi connectivity index (χ0) is 15.0. The third-order valence-electron chi connectivity index (χ3n) is 2.56. The Kier molecular flexibility index (Phi) is 6.18. The van der Waals surface area contributed by atoms with Crippen molar-refractivity contribution >= 4 is 17.3 Å². The molecule has 1 aromatic carbocycles. The van der Waals surface area contributed by atoms with Crippen LogP contribution >= 0.6 is 0 Å². The third-order valence-corrected chi connectivity index (χ3v) is 2.56. The average molecular weight is 279 g/mol. The van der Waals surface area contributed by atoms with E-state index >= 15 is 0 Å². The summed E-state index contributed by atoms with van der Waals surface area (Å²) in [5.41, 5.74) is 1.13. The molecule has 0 aromatic heterocycles. The summed E-state index contributed by atoms with van der Waals surface area (Å²) < 4.78 is 0. The lowest BCUT2D eigenvalue weighted by molar-refractivity contribution is -0.384. The normalized spacial score (nSPS) is 10.7. The number of anilines is 1. The van der Waals surface area contributed by atoms with Crippen LogP contribution in [0.3, 0.4) is 0 Å². The maximum absolute atomic E-state index is 11.0. The fourth-order valence-corrected chi connectivity index (χ4v) is 1.62. The minimum absolute atomic E-state index is 0.0117. The predicted octanol–water partition coefficient (Wildman–Crippen LogP) is 1.41. The average Bonchev–Trinajstić information content (AvgIpc) is 2.39. The zero-order valence-electron chi connectivity index (χ0n) is 11.1. The molecule has 0 bridgehead atoms. The summed E-state index contributed by atoms with van der Waals surface area (Å²) in [6.07, 6.45) is 2.81. The van der Waals surface area contributed by atoms with Gasteiger partial charge in [0.25, 0.3) is 5.69 Å². The molecule has 0 aliphatic heterocycles. The lowest BCUT2D eigenvalue weighted by Gasteiger charge is -2.07. The van der Waals surface area contributed by atoms with E-state index in [1.165, 1.54) is 12.1 Å². The highest BCUT2D eigenvalue weighted by Gasteiger charge is 2.13. The highest BCUT2D eigenvalue weighted by atomic mass is 16.6. The first-order valence-electron chi connectivity index (χ1n) is 6.10. The smallest absolute Gasteiger partial charge is 0.327 e. The summed E-state index contributed by atoms with van der Waals surface area (Å²) in [5, 5.41) is 25.4. The summed E-state index contributed by atoms with van der Waals surface area (Å²) in [6, 6.07) is 4.83. The summed E-state index contributed by atoms with van der Waals surface area (Å²) in [5.74, 6) is -1.04. The number of aliphatic carboxylic acids is 1. The van der Waals surface area contributed by atoms with Gasteiger partial charge in [-0.1, -0.05) is 12.1 Å². The van der Waals surface area contributed by atoms with E-state index in [1.54, 1.807) is 19.2 Å². The number of nitro benzene ring substituents is 1. The van der Waals surface area contributed by atoms with E-state index in [0.29, 0.717) is 30.8 Å². The van der Waals surface area contributed by atoms with Crippen LogP contribution in [0.15, 0.2) is 30.4 Å². The summed E-state index contributed by atoms with van der Waals surface area (Å²) in [7, 11) is 1.80. The van der Waals surface area contributed by atoms with Crippen molar-refractivity contribution in [2.75, 3.05) is 25.5 Å². The van der Waals surface area contributed by atoms with Crippen molar-refractivity contribution < 1.29 is 14.8 Å². The minimum Gasteiger partial charge on any atom is -0.478 e. The summed E-state index contributed by atoms with van der Waals surface area (Å²) in [6.45, 7) is 1.27. The fourth-order valence-electron chi connectivity index (χ4n) is 1.62. The molecule has 0 amide bonds. The van der Waals surface area contributed by atoms with Gasteiger partial charge in [0.05, 0.1) is 4.92 Å². The monoisotopic (exact) mass is 279 g/mol. The number of nitrogens with zero attached hydrogens (tertiary/aromatic N) is 1. The number of carboxylic acids is 1. The molecule has 7 nitrogen and oxygen atoms in total. The molecule has 20 heavy (non-hydrogen) atoms. The van der Waals surface area contributed by atoms with E-state index in [4.69, 9.17) is 5.11 Å². The number of carboxylic acid groups (broad SMARTS) is 1. The lowest BCUT2D eigenvalue weighted by atomic mass is 10.1. The van der Waals surface area contributed by atoms with Crippen molar-refractivity contribution in [3.8, 4) is 0 Å². The number of rotatable bonds is 8. The van der Waals surface area contributed by atoms with Gasteiger partial charge in [0.15, 0.2) is 0 Å². The number of hydrogen-bond acceptors (Lipinski definition) is 5. The van der Waals surface area contributed by atoms with Crippen LogP contribution in [-0.2, 0) is 11.2 Å². The van der Waals surface area contributed by atoms with Gasteiger partial charge in [-0.05, 0) is 25.1 Å². The second-order valence-corrected chi connectivity index (χ2v) is 4.08. The van der Waals surface area contributed by atoms with Crippen molar-refractivity contribution in [2.45, 2.75) is 6.42 Å². The maximum Gasteiger partial charge on any atom is 0.327 e. The van der Waals surface area contributed by atoms with Gasteiger partial charge in [0.2, 0.25) is 0 Å². The Morgan fingerprint density at radius 3 is 2.80 bits per heavy atom. The van der Waals surface area contributed by atoms with E-state index in [9.17, 15) is 14.9 Å². The third kappa shape index (κ3) is 5.07. The quantitative estimate of drug-likeness (QED) is 0.287. The van der Waals surface area contributed by atoms with Gasteiger partial charge in [-0.25, -0.2) is 4.79 Å². The van der Waals surface area contributed by atoms with Crippen LogP contribution in [-0.4, -0.2) is 36.1 Å². The molecule has 0 aliphatic rings. The first-order valence-corrected chi connectivity index (χ1v) is 6.10. The van der Waals surface area contributed by atoms with Gasteiger partial charge in [0, 0.05) is 25.2 Å². The van der Waals surface area contributed by atoms with E-state index in [1.807, 2.05) is 0 Å². The molecule has 3 N–H and O–H groups in total. The molecule has 0 spiro atoms. The molecule has 108 valence electrons. The number of nitro groups is 1. The SMILES string of the molecule is CNCCNc1ccc(CC=CC(=O)O)cc1[N+](=O)[O-]. The largest absolute Gasteiger partial charge is 0.478 e. The molecule has 0 fully saturated rings. The number of allylic oxidation sites excluding steroid dienone is 1. The molecular weight excluding hydrogens is 262 g/mol. The standard InChI is InChI=1S/C13H17N3O4/c1-14-7-8-15-11-6-5-10(3-2-4-13(17)18)9-12(11)16(19)20/h2,4-6,9,14-15H,3,7-8H2,1H3,(H,17,18). The maximum atomic E-state index is 11.0. The number of benzene rings is 1. The Bertz CT molecular complexity index is 514. The summed E-state index contributed by atoms with van der Waals surface area (Å²) >= 11 is 0. The Hall–Kier alpha value is -2.41. The molecule has 1 rings (SSSR count). The molecule has 7 heteroatoms. The van der Waals surface area contributed by atoms with Crippen LogP contribution in [0.1, 0.15) is 5.56 Å². The fraction of sp³-hybridized carbons (Fsp3) is 0.308. The Labute approximate surface area is 116 Å². The first kappa shape index (κ1) is 15.6. The lowest BCUT2D eigenvalue weighted by Crippen LogP contribution is -2.18. The van der Waals surface area contributed by atoms with Gasteiger partial charge >= 0.3 is 5.97 Å². The Morgan fingerprint density at radius 1 is 1.45 bits per heavy atom.